The lowest BCUT2D eigenvalue weighted by molar-refractivity contribution is 0.281. The van der Waals surface area contributed by atoms with E-state index < -0.39 is 0 Å². The first-order chi connectivity index (χ1) is 8.22. The summed E-state index contributed by atoms with van der Waals surface area (Å²) >= 11 is 2.24. The SMILES string of the molecule is CNC(c1ccc(F)cc1I)C1CCCCC1. The Morgan fingerprint density at radius 1 is 1.29 bits per heavy atom. The van der Waals surface area contributed by atoms with Gasteiger partial charge in [0.05, 0.1) is 0 Å². The summed E-state index contributed by atoms with van der Waals surface area (Å²) in [6.45, 7) is 0. The van der Waals surface area contributed by atoms with E-state index in [-0.39, 0.29) is 5.82 Å². The summed E-state index contributed by atoms with van der Waals surface area (Å²) in [5, 5.41) is 3.42. The molecule has 17 heavy (non-hydrogen) atoms. The summed E-state index contributed by atoms with van der Waals surface area (Å²) in [7, 11) is 2.01. The van der Waals surface area contributed by atoms with Gasteiger partial charge in [0.15, 0.2) is 0 Å². The Kier molecular flexibility index (Phi) is 4.79. The largest absolute Gasteiger partial charge is 0.313 e. The van der Waals surface area contributed by atoms with Crippen LogP contribution in [0.2, 0.25) is 0 Å². The van der Waals surface area contributed by atoms with Crippen molar-refractivity contribution in [1.82, 2.24) is 5.32 Å². The van der Waals surface area contributed by atoms with Crippen LogP contribution in [0.4, 0.5) is 4.39 Å². The van der Waals surface area contributed by atoms with Crippen LogP contribution >= 0.6 is 22.6 Å². The summed E-state index contributed by atoms with van der Waals surface area (Å²) in [5.41, 5.74) is 1.25. The molecule has 0 aromatic heterocycles. The molecule has 1 fully saturated rings. The Hall–Kier alpha value is -0.160. The highest BCUT2D eigenvalue weighted by molar-refractivity contribution is 14.1. The van der Waals surface area contributed by atoms with Gasteiger partial charge in [-0.2, -0.15) is 0 Å². The van der Waals surface area contributed by atoms with Crippen LogP contribution in [-0.2, 0) is 0 Å². The van der Waals surface area contributed by atoms with Gasteiger partial charge < -0.3 is 5.32 Å². The normalized spacial score (nSPS) is 19.2. The van der Waals surface area contributed by atoms with E-state index >= 15 is 0 Å². The second-order valence-corrected chi connectivity index (χ2v) is 5.99. The molecule has 1 saturated carbocycles. The average Bonchev–Trinajstić information content (AvgIpc) is 2.34. The van der Waals surface area contributed by atoms with Gasteiger partial charge in [-0.05, 0) is 66.1 Å². The van der Waals surface area contributed by atoms with E-state index in [1.165, 1.54) is 37.7 Å². The lowest BCUT2D eigenvalue weighted by atomic mass is 9.81. The molecule has 2 rings (SSSR count). The first-order valence-electron chi connectivity index (χ1n) is 6.34. The highest BCUT2D eigenvalue weighted by Gasteiger charge is 2.25. The third-order valence-corrected chi connectivity index (χ3v) is 4.66. The van der Waals surface area contributed by atoms with E-state index in [4.69, 9.17) is 0 Å². The van der Waals surface area contributed by atoms with E-state index in [1.807, 2.05) is 13.1 Å². The Balaban J connectivity index is 2.21. The van der Waals surface area contributed by atoms with Crippen molar-refractivity contribution in [3.8, 4) is 0 Å². The van der Waals surface area contributed by atoms with Gasteiger partial charge in [-0.25, -0.2) is 4.39 Å². The maximum atomic E-state index is 13.1. The van der Waals surface area contributed by atoms with Gasteiger partial charge in [-0.15, -0.1) is 0 Å². The number of halogens is 2. The molecule has 1 N–H and O–H groups in total. The average molecular weight is 347 g/mol. The highest BCUT2D eigenvalue weighted by atomic mass is 127. The van der Waals surface area contributed by atoms with Crippen LogP contribution < -0.4 is 5.32 Å². The smallest absolute Gasteiger partial charge is 0.124 e. The summed E-state index contributed by atoms with van der Waals surface area (Å²) in [4.78, 5) is 0. The second kappa shape index (κ2) is 6.14. The first-order valence-corrected chi connectivity index (χ1v) is 7.42. The quantitative estimate of drug-likeness (QED) is 0.806. The molecule has 1 aliphatic rings. The van der Waals surface area contributed by atoms with Gasteiger partial charge in [0.25, 0.3) is 0 Å². The molecule has 1 aliphatic carbocycles. The zero-order valence-electron chi connectivity index (χ0n) is 10.2. The maximum absolute atomic E-state index is 13.1. The molecule has 0 saturated heterocycles. The van der Waals surface area contributed by atoms with Crippen molar-refractivity contribution in [2.45, 2.75) is 38.1 Å². The number of hydrogen-bond acceptors (Lipinski definition) is 1. The van der Waals surface area contributed by atoms with E-state index in [1.54, 1.807) is 12.1 Å². The van der Waals surface area contributed by atoms with Crippen molar-refractivity contribution in [1.29, 1.82) is 0 Å². The Morgan fingerprint density at radius 2 is 2.00 bits per heavy atom. The third-order valence-electron chi connectivity index (χ3n) is 3.73. The molecule has 0 aliphatic heterocycles. The summed E-state index contributed by atoms with van der Waals surface area (Å²) in [5.74, 6) is 0.560. The van der Waals surface area contributed by atoms with Crippen molar-refractivity contribution in [3.05, 3.63) is 33.1 Å². The molecule has 1 nitrogen and oxygen atoms in total. The van der Waals surface area contributed by atoms with Crippen LogP contribution in [-0.4, -0.2) is 7.05 Å². The number of nitrogens with one attached hydrogen (secondary N) is 1. The van der Waals surface area contributed by atoms with Gasteiger partial charge >= 0.3 is 0 Å². The summed E-state index contributed by atoms with van der Waals surface area (Å²) in [6.07, 6.45) is 6.62. The van der Waals surface area contributed by atoms with Crippen molar-refractivity contribution in [2.75, 3.05) is 7.05 Å². The fourth-order valence-electron chi connectivity index (χ4n) is 2.87. The van der Waals surface area contributed by atoms with Gasteiger partial charge in [-0.1, -0.05) is 25.3 Å². The fraction of sp³-hybridized carbons (Fsp3) is 0.571. The van der Waals surface area contributed by atoms with Crippen LogP contribution in [0.15, 0.2) is 18.2 Å². The molecule has 0 bridgehead atoms. The van der Waals surface area contributed by atoms with E-state index in [2.05, 4.69) is 27.9 Å². The minimum Gasteiger partial charge on any atom is -0.313 e. The van der Waals surface area contributed by atoms with Crippen molar-refractivity contribution >= 4 is 22.6 Å². The molecular formula is C14H19FIN. The third kappa shape index (κ3) is 3.19. The predicted octanol–water partition coefficient (Wildman–Crippen LogP) is 4.27. The molecule has 0 spiro atoms. The standard InChI is InChI=1S/C14H19FIN/c1-17-14(10-5-3-2-4-6-10)12-8-7-11(15)9-13(12)16/h7-10,14,17H,2-6H2,1H3. The Labute approximate surface area is 116 Å². The van der Waals surface area contributed by atoms with Crippen molar-refractivity contribution in [3.63, 3.8) is 0 Å². The monoisotopic (exact) mass is 347 g/mol. The molecular weight excluding hydrogens is 328 g/mol. The number of hydrogen-bond donors (Lipinski definition) is 1. The minimum absolute atomic E-state index is 0.142. The topological polar surface area (TPSA) is 12.0 Å². The number of rotatable bonds is 3. The van der Waals surface area contributed by atoms with Crippen LogP contribution in [0.3, 0.4) is 0 Å². The molecule has 1 aromatic rings. The second-order valence-electron chi connectivity index (χ2n) is 4.83. The summed E-state index contributed by atoms with van der Waals surface area (Å²) in [6, 6.07) is 5.52. The van der Waals surface area contributed by atoms with Crippen molar-refractivity contribution < 1.29 is 4.39 Å². The van der Waals surface area contributed by atoms with Gasteiger partial charge in [0.2, 0.25) is 0 Å². The molecule has 3 heteroatoms. The van der Waals surface area contributed by atoms with Crippen molar-refractivity contribution in [2.24, 2.45) is 5.92 Å². The molecule has 94 valence electrons. The Bertz CT molecular complexity index is 374. The zero-order chi connectivity index (χ0) is 12.3. The van der Waals surface area contributed by atoms with E-state index in [0.29, 0.717) is 12.0 Å². The Morgan fingerprint density at radius 3 is 2.59 bits per heavy atom. The number of benzene rings is 1. The molecule has 1 aromatic carbocycles. The molecule has 1 unspecified atom stereocenters. The molecule has 0 amide bonds. The lowest BCUT2D eigenvalue weighted by Gasteiger charge is -2.31. The van der Waals surface area contributed by atoms with E-state index in [9.17, 15) is 4.39 Å². The van der Waals surface area contributed by atoms with Crippen LogP contribution in [0.1, 0.15) is 43.7 Å². The predicted molar refractivity (Wildman–Crippen MR) is 77.5 cm³/mol. The van der Waals surface area contributed by atoms with Gasteiger partial charge in [-0.3, -0.25) is 0 Å². The molecule has 0 heterocycles. The lowest BCUT2D eigenvalue weighted by Crippen LogP contribution is -2.27. The minimum atomic E-state index is -0.142. The van der Waals surface area contributed by atoms with Crippen LogP contribution in [0.5, 0.6) is 0 Å². The zero-order valence-corrected chi connectivity index (χ0v) is 12.3. The van der Waals surface area contributed by atoms with E-state index in [0.717, 1.165) is 3.57 Å². The fourth-order valence-corrected chi connectivity index (χ4v) is 3.68. The molecule has 1 atom stereocenters. The molecule has 0 radical (unpaired) electrons. The van der Waals surface area contributed by atoms with Gasteiger partial charge in [0.1, 0.15) is 5.82 Å². The highest BCUT2D eigenvalue weighted by Crippen LogP contribution is 2.35. The van der Waals surface area contributed by atoms with Crippen LogP contribution in [0, 0.1) is 15.3 Å². The maximum Gasteiger partial charge on any atom is 0.124 e. The van der Waals surface area contributed by atoms with Gasteiger partial charge in [0, 0.05) is 9.61 Å². The summed E-state index contributed by atoms with van der Waals surface area (Å²) < 4.78 is 14.2. The van der Waals surface area contributed by atoms with Crippen LogP contribution in [0.25, 0.3) is 0 Å². The first kappa shape index (κ1) is 13.3.